The van der Waals surface area contributed by atoms with Gasteiger partial charge in [-0.25, -0.2) is 13.6 Å². The third-order valence-corrected chi connectivity index (χ3v) is 5.11. The van der Waals surface area contributed by atoms with Crippen LogP contribution in [0.5, 0.6) is 0 Å². The van der Waals surface area contributed by atoms with Crippen molar-refractivity contribution in [3.05, 3.63) is 54.1 Å². The molecule has 0 bridgehead atoms. The number of hydrogen-bond donors (Lipinski definition) is 2. The van der Waals surface area contributed by atoms with Gasteiger partial charge in [0.05, 0.1) is 16.3 Å². The lowest BCUT2D eigenvalue weighted by atomic mass is 9.99. The molecule has 1 unspecified atom stereocenters. The predicted molar refractivity (Wildman–Crippen MR) is 98.5 cm³/mol. The molecule has 3 N–H and O–H groups in total. The van der Waals surface area contributed by atoms with Crippen LogP contribution in [-0.4, -0.2) is 26.1 Å². The lowest BCUT2D eigenvalue weighted by Gasteiger charge is -2.36. The second-order valence-electron chi connectivity index (χ2n) is 5.73. The minimum atomic E-state index is -3.94. The average Bonchev–Trinajstić information content (AvgIpc) is 2.60. The first kappa shape index (κ1) is 18.4. The van der Waals surface area contributed by atoms with E-state index in [1.807, 2.05) is 6.07 Å². The molecule has 0 aromatic heterocycles. The Labute approximate surface area is 155 Å². The van der Waals surface area contributed by atoms with Gasteiger partial charge in [0, 0.05) is 12.3 Å². The number of hydrogen-bond acceptors (Lipinski definition) is 4. The fourth-order valence-corrected chi connectivity index (χ4v) is 3.58. The number of fused-ring (bicyclic) bond motifs is 1. The molecule has 136 valence electrons. The number of nitrogens with zero attached hydrogens (tertiary/aromatic N) is 1. The summed E-state index contributed by atoms with van der Waals surface area (Å²) in [6, 6.07) is 12.0. The SMILES string of the molecule is NS(=O)(=O)c1ccc2c(c1)NC(=O)C(c1ccccc1)N2C(=O)CCCl. The molecule has 0 radical (unpaired) electrons. The van der Waals surface area contributed by atoms with Crippen LogP contribution >= 0.6 is 11.6 Å². The van der Waals surface area contributed by atoms with Crippen molar-refractivity contribution in [3.8, 4) is 0 Å². The Morgan fingerprint density at radius 1 is 1.19 bits per heavy atom. The van der Waals surface area contributed by atoms with Crippen molar-refractivity contribution >= 4 is 44.8 Å². The summed E-state index contributed by atoms with van der Waals surface area (Å²) in [6.45, 7) is 0. The smallest absolute Gasteiger partial charge is 0.252 e. The maximum atomic E-state index is 12.7. The Balaban J connectivity index is 2.16. The molecular formula is C17H16ClN3O4S. The number of anilines is 2. The van der Waals surface area contributed by atoms with E-state index >= 15 is 0 Å². The van der Waals surface area contributed by atoms with Gasteiger partial charge in [0.2, 0.25) is 15.9 Å². The van der Waals surface area contributed by atoms with Crippen LogP contribution in [-0.2, 0) is 19.6 Å². The molecule has 0 aliphatic carbocycles. The van der Waals surface area contributed by atoms with Gasteiger partial charge in [-0.05, 0) is 23.8 Å². The van der Waals surface area contributed by atoms with Crippen molar-refractivity contribution in [1.29, 1.82) is 0 Å². The minimum absolute atomic E-state index is 0.0363. The van der Waals surface area contributed by atoms with Crippen molar-refractivity contribution in [2.24, 2.45) is 5.14 Å². The monoisotopic (exact) mass is 393 g/mol. The van der Waals surface area contributed by atoms with Crippen molar-refractivity contribution in [1.82, 2.24) is 0 Å². The Hall–Kier alpha value is -2.42. The molecule has 0 fully saturated rings. The second-order valence-corrected chi connectivity index (χ2v) is 7.67. The highest BCUT2D eigenvalue weighted by atomic mass is 35.5. The summed E-state index contributed by atoms with van der Waals surface area (Å²) in [5, 5.41) is 7.81. The lowest BCUT2D eigenvalue weighted by Crippen LogP contribution is -2.45. The number of primary sulfonamides is 1. The van der Waals surface area contributed by atoms with Crippen LogP contribution in [0.15, 0.2) is 53.4 Å². The van der Waals surface area contributed by atoms with Gasteiger partial charge in [-0.2, -0.15) is 0 Å². The number of halogens is 1. The molecule has 0 spiro atoms. The molecule has 1 aliphatic heterocycles. The van der Waals surface area contributed by atoms with E-state index in [0.717, 1.165) is 0 Å². The Bertz CT molecular complexity index is 963. The van der Waals surface area contributed by atoms with E-state index in [1.165, 1.54) is 23.1 Å². The van der Waals surface area contributed by atoms with Gasteiger partial charge < -0.3 is 5.32 Å². The number of carbonyl (C=O) groups excluding carboxylic acids is 2. The minimum Gasteiger partial charge on any atom is -0.322 e. The lowest BCUT2D eigenvalue weighted by molar-refractivity contribution is -0.123. The van der Waals surface area contributed by atoms with Crippen LogP contribution in [0.2, 0.25) is 0 Å². The fourth-order valence-electron chi connectivity index (χ4n) is 2.88. The summed E-state index contributed by atoms with van der Waals surface area (Å²) in [5.74, 6) is -0.685. The third-order valence-electron chi connectivity index (χ3n) is 4.01. The topological polar surface area (TPSA) is 110 Å². The number of sulfonamides is 1. The van der Waals surface area contributed by atoms with Crippen molar-refractivity contribution < 1.29 is 18.0 Å². The van der Waals surface area contributed by atoms with Crippen LogP contribution < -0.4 is 15.4 Å². The zero-order valence-corrected chi connectivity index (χ0v) is 15.1. The molecule has 26 heavy (non-hydrogen) atoms. The van der Waals surface area contributed by atoms with E-state index in [1.54, 1.807) is 24.3 Å². The summed E-state index contributed by atoms with van der Waals surface area (Å²) in [7, 11) is -3.94. The second kappa shape index (κ2) is 7.06. The van der Waals surface area contributed by atoms with Gasteiger partial charge in [0.25, 0.3) is 5.91 Å². The molecule has 3 rings (SSSR count). The van der Waals surface area contributed by atoms with Gasteiger partial charge in [-0.1, -0.05) is 30.3 Å². The highest BCUT2D eigenvalue weighted by molar-refractivity contribution is 7.89. The Kier molecular flexibility index (Phi) is 4.99. The summed E-state index contributed by atoms with van der Waals surface area (Å²) in [6.07, 6.45) is 0.0363. The van der Waals surface area contributed by atoms with Crippen molar-refractivity contribution in [2.45, 2.75) is 17.4 Å². The number of rotatable bonds is 4. The quantitative estimate of drug-likeness (QED) is 0.774. The molecule has 7 nitrogen and oxygen atoms in total. The number of benzene rings is 2. The molecule has 1 atom stereocenters. The first-order valence-corrected chi connectivity index (χ1v) is 9.81. The molecule has 1 heterocycles. The molecule has 1 aliphatic rings. The van der Waals surface area contributed by atoms with E-state index in [-0.39, 0.29) is 28.8 Å². The van der Waals surface area contributed by atoms with Gasteiger partial charge in [0.15, 0.2) is 0 Å². The van der Waals surface area contributed by atoms with Gasteiger partial charge >= 0.3 is 0 Å². The predicted octanol–water partition coefficient (Wildman–Crippen LogP) is 1.99. The number of carbonyl (C=O) groups is 2. The summed E-state index contributed by atoms with van der Waals surface area (Å²) >= 11 is 5.71. The van der Waals surface area contributed by atoms with Gasteiger partial charge in [0.1, 0.15) is 6.04 Å². The highest BCUT2D eigenvalue weighted by Gasteiger charge is 2.38. The molecule has 0 saturated carbocycles. The third kappa shape index (κ3) is 3.44. The van der Waals surface area contributed by atoms with E-state index in [4.69, 9.17) is 16.7 Å². The van der Waals surface area contributed by atoms with Crippen LogP contribution in [0.1, 0.15) is 18.0 Å². The van der Waals surface area contributed by atoms with E-state index < -0.39 is 22.0 Å². The fraction of sp³-hybridized carbons (Fsp3) is 0.176. The number of alkyl halides is 1. The van der Waals surface area contributed by atoms with Gasteiger partial charge in [-0.3, -0.25) is 14.5 Å². The van der Waals surface area contributed by atoms with E-state index in [2.05, 4.69) is 5.32 Å². The van der Waals surface area contributed by atoms with Crippen LogP contribution in [0.3, 0.4) is 0 Å². The average molecular weight is 394 g/mol. The normalized spacial score (nSPS) is 16.8. The molecule has 2 aromatic carbocycles. The standard InChI is InChI=1S/C17H16ClN3O4S/c18-9-8-15(22)21-14-7-6-12(26(19,24)25)10-13(14)20-17(23)16(21)11-4-2-1-3-5-11/h1-7,10,16H,8-9H2,(H,20,23)(H2,19,24,25). The van der Waals surface area contributed by atoms with Crippen molar-refractivity contribution in [3.63, 3.8) is 0 Å². The maximum absolute atomic E-state index is 12.7. The molecule has 9 heteroatoms. The number of amides is 2. The maximum Gasteiger partial charge on any atom is 0.252 e. The van der Waals surface area contributed by atoms with Crippen LogP contribution in [0.4, 0.5) is 11.4 Å². The van der Waals surface area contributed by atoms with Gasteiger partial charge in [-0.15, -0.1) is 11.6 Å². The summed E-state index contributed by atoms with van der Waals surface area (Å²) < 4.78 is 23.1. The number of nitrogens with two attached hydrogens (primary N) is 1. The molecule has 2 amide bonds. The Morgan fingerprint density at radius 2 is 1.88 bits per heavy atom. The van der Waals surface area contributed by atoms with Crippen molar-refractivity contribution in [2.75, 3.05) is 16.1 Å². The molecule has 0 saturated heterocycles. The van der Waals surface area contributed by atoms with E-state index in [9.17, 15) is 18.0 Å². The summed E-state index contributed by atoms with van der Waals surface area (Å²) in [4.78, 5) is 26.6. The summed E-state index contributed by atoms with van der Waals surface area (Å²) in [5.41, 5.74) is 1.23. The zero-order valence-electron chi connectivity index (χ0n) is 13.6. The largest absolute Gasteiger partial charge is 0.322 e. The van der Waals surface area contributed by atoms with E-state index in [0.29, 0.717) is 11.3 Å². The zero-order chi connectivity index (χ0) is 18.9. The Morgan fingerprint density at radius 3 is 2.50 bits per heavy atom. The molecule has 2 aromatic rings. The van der Waals surface area contributed by atoms with Crippen LogP contribution in [0.25, 0.3) is 0 Å². The first-order chi connectivity index (χ1) is 12.3. The first-order valence-electron chi connectivity index (χ1n) is 7.73. The number of nitrogens with one attached hydrogen (secondary N) is 1. The van der Waals surface area contributed by atoms with Crippen LogP contribution in [0, 0.1) is 0 Å². The highest BCUT2D eigenvalue weighted by Crippen LogP contribution is 2.39. The molecular weight excluding hydrogens is 378 g/mol.